The van der Waals surface area contributed by atoms with E-state index < -0.39 is 51.8 Å². The van der Waals surface area contributed by atoms with Crippen molar-refractivity contribution in [2.24, 2.45) is 0 Å². The number of aliphatic hydroxyl groups excluding tert-OH is 2. The van der Waals surface area contributed by atoms with E-state index in [4.69, 9.17) is 19.1 Å². The molecule has 0 spiro atoms. The molecular weight excluding hydrogens is 539 g/mol. The first-order valence-electron chi connectivity index (χ1n) is 15.5. The van der Waals surface area contributed by atoms with E-state index in [2.05, 4.69) is 18.4 Å². The van der Waals surface area contributed by atoms with Crippen LogP contribution in [0.5, 0.6) is 0 Å². The standard InChI is InChI=1S/C29H57O10P/c1-3-5-7-9-10-11-12-13-14-15-16-17-19-20-28(32)36-24-27(39-29(33)21-18-8-6-4-2)25-38-40(34,35)37-23-26(31)22-30/h26-27,30-31H,3-25H2,1-2H3,(H,34,35)/t26-,27+/m1/s1. The van der Waals surface area contributed by atoms with Gasteiger partial charge in [0.05, 0.1) is 19.8 Å². The molecule has 0 saturated carbocycles. The number of hydrogen-bond acceptors (Lipinski definition) is 9. The number of phosphoric acid groups is 1. The van der Waals surface area contributed by atoms with E-state index in [0.717, 1.165) is 38.5 Å². The Morgan fingerprint density at radius 1 is 0.650 bits per heavy atom. The first kappa shape index (κ1) is 39.0. The van der Waals surface area contributed by atoms with Gasteiger partial charge in [0.25, 0.3) is 0 Å². The van der Waals surface area contributed by atoms with Crippen LogP contribution in [0.25, 0.3) is 0 Å². The quantitative estimate of drug-likeness (QED) is 0.0504. The van der Waals surface area contributed by atoms with Gasteiger partial charge in [0.2, 0.25) is 0 Å². The third kappa shape index (κ3) is 25.9. The number of rotatable bonds is 29. The Hall–Kier alpha value is -1.03. The van der Waals surface area contributed by atoms with E-state index in [0.29, 0.717) is 12.8 Å². The molecule has 0 fully saturated rings. The van der Waals surface area contributed by atoms with Crippen molar-refractivity contribution in [2.75, 3.05) is 26.4 Å². The molecule has 3 atom stereocenters. The molecule has 11 heteroatoms. The number of hydrogen-bond donors (Lipinski definition) is 3. The van der Waals surface area contributed by atoms with Gasteiger partial charge >= 0.3 is 19.8 Å². The van der Waals surface area contributed by atoms with E-state index >= 15 is 0 Å². The molecule has 0 aromatic rings. The minimum absolute atomic E-state index is 0.180. The fourth-order valence-electron chi connectivity index (χ4n) is 4.05. The Kier molecular flexibility index (Phi) is 26.2. The lowest BCUT2D eigenvalue weighted by molar-refractivity contribution is -0.161. The predicted octanol–water partition coefficient (Wildman–Crippen LogP) is 6.38. The number of aliphatic hydroxyl groups is 2. The van der Waals surface area contributed by atoms with Crippen LogP contribution in [0.15, 0.2) is 0 Å². The summed E-state index contributed by atoms with van der Waals surface area (Å²) in [6.07, 6.45) is 17.3. The number of carbonyl (C=O) groups is 2. The van der Waals surface area contributed by atoms with Gasteiger partial charge in [0, 0.05) is 12.8 Å². The first-order valence-corrected chi connectivity index (χ1v) is 17.0. The summed E-state index contributed by atoms with van der Waals surface area (Å²) in [5.41, 5.74) is 0. The zero-order valence-electron chi connectivity index (χ0n) is 25.1. The van der Waals surface area contributed by atoms with E-state index in [1.165, 1.54) is 57.8 Å². The molecule has 0 amide bonds. The summed E-state index contributed by atoms with van der Waals surface area (Å²) in [6, 6.07) is 0. The fraction of sp³-hybridized carbons (Fsp3) is 0.931. The Morgan fingerprint density at radius 3 is 1.57 bits per heavy atom. The molecule has 0 aliphatic heterocycles. The second-order valence-electron chi connectivity index (χ2n) is 10.5. The average Bonchev–Trinajstić information content (AvgIpc) is 2.93. The van der Waals surface area contributed by atoms with Gasteiger partial charge in [-0.1, -0.05) is 110 Å². The van der Waals surface area contributed by atoms with Gasteiger partial charge in [0.15, 0.2) is 6.10 Å². The van der Waals surface area contributed by atoms with E-state index in [1.54, 1.807) is 0 Å². The Balaban J connectivity index is 4.27. The Morgan fingerprint density at radius 2 is 1.07 bits per heavy atom. The van der Waals surface area contributed by atoms with Crippen molar-refractivity contribution in [1.29, 1.82) is 0 Å². The third-order valence-corrected chi connectivity index (χ3v) is 7.46. The number of carbonyl (C=O) groups excluding carboxylic acids is 2. The van der Waals surface area contributed by atoms with Crippen LogP contribution in [0.1, 0.15) is 136 Å². The third-order valence-electron chi connectivity index (χ3n) is 6.51. The molecule has 0 rings (SSSR count). The number of ether oxygens (including phenoxy) is 2. The predicted molar refractivity (Wildman–Crippen MR) is 155 cm³/mol. The van der Waals surface area contributed by atoms with Crippen LogP contribution in [0.4, 0.5) is 0 Å². The molecule has 0 aliphatic rings. The van der Waals surface area contributed by atoms with E-state index in [-0.39, 0.29) is 19.4 Å². The maximum atomic E-state index is 12.2. The van der Waals surface area contributed by atoms with Crippen molar-refractivity contribution in [3.63, 3.8) is 0 Å². The Labute approximate surface area is 242 Å². The summed E-state index contributed by atoms with van der Waals surface area (Å²) in [7, 11) is -4.58. The van der Waals surface area contributed by atoms with Crippen molar-refractivity contribution in [3.8, 4) is 0 Å². The molecular formula is C29H57O10P. The van der Waals surface area contributed by atoms with Crippen molar-refractivity contribution in [2.45, 2.75) is 148 Å². The van der Waals surface area contributed by atoms with Crippen LogP contribution in [0, 0.1) is 0 Å². The largest absolute Gasteiger partial charge is 0.472 e. The lowest BCUT2D eigenvalue weighted by atomic mass is 10.0. The molecule has 0 bridgehead atoms. The molecule has 0 aliphatic carbocycles. The van der Waals surface area contributed by atoms with Crippen molar-refractivity contribution in [1.82, 2.24) is 0 Å². The topological polar surface area (TPSA) is 149 Å². The summed E-state index contributed by atoms with van der Waals surface area (Å²) in [5, 5.41) is 18.1. The zero-order chi connectivity index (χ0) is 29.9. The summed E-state index contributed by atoms with van der Waals surface area (Å²) in [6.45, 7) is 2.20. The summed E-state index contributed by atoms with van der Waals surface area (Å²) in [4.78, 5) is 34.2. The van der Waals surface area contributed by atoms with Crippen molar-refractivity contribution < 1.29 is 47.8 Å². The maximum absolute atomic E-state index is 12.2. The molecule has 0 radical (unpaired) electrons. The molecule has 3 N–H and O–H groups in total. The second-order valence-corrected chi connectivity index (χ2v) is 11.9. The van der Waals surface area contributed by atoms with Crippen LogP contribution in [-0.4, -0.2) is 65.7 Å². The zero-order valence-corrected chi connectivity index (χ0v) is 26.0. The fourth-order valence-corrected chi connectivity index (χ4v) is 4.84. The molecule has 238 valence electrons. The van der Waals surface area contributed by atoms with Crippen LogP contribution in [0.2, 0.25) is 0 Å². The van der Waals surface area contributed by atoms with Gasteiger partial charge in [-0.15, -0.1) is 0 Å². The van der Waals surface area contributed by atoms with Gasteiger partial charge in [-0.05, 0) is 12.8 Å². The number of esters is 2. The maximum Gasteiger partial charge on any atom is 0.472 e. The smallest absolute Gasteiger partial charge is 0.462 e. The SMILES string of the molecule is CCCCCCCCCCCCCCCC(=O)OC[C@@H](COP(=O)(O)OC[C@H](O)CO)OC(=O)CCCCCC. The highest BCUT2D eigenvalue weighted by Crippen LogP contribution is 2.43. The normalized spacial score (nSPS) is 14.4. The molecule has 40 heavy (non-hydrogen) atoms. The molecule has 0 aromatic carbocycles. The molecule has 1 unspecified atom stereocenters. The minimum atomic E-state index is -4.58. The van der Waals surface area contributed by atoms with Gasteiger partial charge in [-0.25, -0.2) is 4.57 Å². The number of phosphoric ester groups is 1. The second kappa shape index (κ2) is 26.8. The monoisotopic (exact) mass is 596 g/mol. The summed E-state index contributed by atoms with van der Waals surface area (Å²) >= 11 is 0. The van der Waals surface area contributed by atoms with Crippen LogP contribution >= 0.6 is 7.82 Å². The van der Waals surface area contributed by atoms with Gasteiger partial charge < -0.3 is 24.6 Å². The van der Waals surface area contributed by atoms with Crippen LogP contribution < -0.4 is 0 Å². The van der Waals surface area contributed by atoms with E-state index in [9.17, 15) is 24.2 Å². The average molecular weight is 597 g/mol. The van der Waals surface area contributed by atoms with Crippen LogP contribution in [-0.2, 0) is 32.7 Å². The number of unbranched alkanes of at least 4 members (excludes halogenated alkanes) is 15. The summed E-state index contributed by atoms with van der Waals surface area (Å²) in [5.74, 6) is -0.941. The Bertz CT molecular complexity index is 661. The van der Waals surface area contributed by atoms with Gasteiger partial charge in [-0.2, -0.15) is 0 Å². The molecule has 0 saturated heterocycles. The highest BCUT2D eigenvalue weighted by Gasteiger charge is 2.27. The van der Waals surface area contributed by atoms with Gasteiger partial charge in [-0.3, -0.25) is 18.6 Å². The van der Waals surface area contributed by atoms with Crippen molar-refractivity contribution >= 4 is 19.8 Å². The highest BCUT2D eigenvalue weighted by atomic mass is 31.2. The molecule has 0 heterocycles. The van der Waals surface area contributed by atoms with Crippen molar-refractivity contribution in [3.05, 3.63) is 0 Å². The highest BCUT2D eigenvalue weighted by molar-refractivity contribution is 7.47. The summed E-state index contributed by atoms with van der Waals surface area (Å²) < 4.78 is 32.1. The lowest BCUT2D eigenvalue weighted by Crippen LogP contribution is -2.29. The lowest BCUT2D eigenvalue weighted by Gasteiger charge is -2.20. The van der Waals surface area contributed by atoms with Crippen LogP contribution in [0.3, 0.4) is 0 Å². The molecule has 0 aromatic heterocycles. The minimum Gasteiger partial charge on any atom is -0.462 e. The molecule has 10 nitrogen and oxygen atoms in total. The first-order chi connectivity index (χ1) is 19.2. The van der Waals surface area contributed by atoms with E-state index in [1.807, 2.05) is 0 Å². The van der Waals surface area contributed by atoms with Gasteiger partial charge in [0.1, 0.15) is 12.7 Å².